The lowest BCUT2D eigenvalue weighted by atomic mass is 10.0. The van der Waals surface area contributed by atoms with Gasteiger partial charge in [-0.3, -0.25) is 19.2 Å². The van der Waals surface area contributed by atoms with Crippen LogP contribution in [-0.4, -0.2) is 82.0 Å². The van der Waals surface area contributed by atoms with E-state index in [4.69, 9.17) is 17.2 Å². The molecule has 4 atom stereocenters. The van der Waals surface area contributed by atoms with Crippen molar-refractivity contribution in [3.8, 4) is 5.75 Å². The number of nitrogens with one attached hydrogen (secondary N) is 2. The number of benzene rings is 1. The summed E-state index contributed by atoms with van der Waals surface area (Å²) in [5, 5.41) is 24.3. The number of amides is 4. The standard InChI is InChI=1S/C25H38N6O7/c26-12-2-1-4-18(25(37)38)29-22(34)19(14-15-6-8-16(32)9-7-15)30-23(35)20-5-3-13-31(20)24(36)17(27)10-11-21(28)33/h6-9,17-20,32H,1-5,10-14,26-27H2,(H2,28,33)(H,29,34)(H,30,35)(H,37,38). The summed E-state index contributed by atoms with van der Waals surface area (Å²) in [6, 6.07) is 1.84. The summed E-state index contributed by atoms with van der Waals surface area (Å²) in [7, 11) is 0. The largest absolute Gasteiger partial charge is 0.508 e. The van der Waals surface area contributed by atoms with Crippen molar-refractivity contribution >= 4 is 29.6 Å². The fourth-order valence-electron chi connectivity index (χ4n) is 4.30. The second-order valence-corrected chi connectivity index (χ2v) is 9.42. The van der Waals surface area contributed by atoms with Crippen LogP contribution in [0.25, 0.3) is 0 Å². The van der Waals surface area contributed by atoms with E-state index in [0.29, 0.717) is 37.8 Å². The number of hydrogen-bond donors (Lipinski definition) is 7. The maximum absolute atomic E-state index is 13.3. The van der Waals surface area contributed by atoms with Crippen molar-refractivity contribution in [2.75, 3.05) is 13.1 Å². The van der Waals surface area contributed by atoms with Gasteiger partial charge in [0, 0.05) is 19.4 Å². The number of likely N-dealkylation sites (tertiary alicyclic amines) is 1. The van der Waals surface area contributed by atoms with Gasteiger partial charge in [0.15, 0.2) is 0 Å². The molecular formula is C25H38N6O7. The molecule has 1 aromatic carbocycles. The van der Waals surface area contributed by atoms with Crippen LogP contribution in [0.3, 0.4) is 0 Å². The lowest BCUT2D eigenvalue weighted by Crippen LogP contribution is -2.57. The fourth-order valence-corrected chi connectivity index (χ4v) is 4.30. The van der Waals surface area contributed by atoms with E-state index in [-0.39, 0.29) is 38.0 Å². The molecule has 1 aromatic rings. The van der Waals surface area contributed by atoms with Crippen molar-refractivity contribution < 1.29 is 34.2 Å². The minimum absolute atomic E-state index is 0.0196. The van der Waals surface area contributed by atoms with Gasteiger partial charge in [-0.1, -0.05) is 12.1 Å². The number of rotatable bonds is 15. The van der Waals surface area contributed by atoms with Crippen molar-refractivity contribution in [2.45, 2.75) is 75.5 Å². The second kappa shape index (κ2) is 14.9. The first-order valence-electron chi connectivity index (χ1n) is 12.7. The molecule has 13 nitrogen and oxygen atoms in total. The third-order valence-corrected chi connectivity index (χ3v) is 6.43. The second-order valence-electron chi connectivity index (χ2n) is 9.42. The van der Waals surface area contributed by atoms with E-state index in [9.17, 15) is 34.2 Å². The first-order chi connectivity index (χ1) is 18.0. The molecule has 210 valence electrons. The highest BCUT2D eigenvalue weighted by molar-refractivity contribution is 5.94. The molecule has 0 spiro atoms. The van der Waals surface area contributed by atoms with E-state index in [1.807, 2.05) is 0 Å². The van der Waals surface area contributed by atoms with Crippen molar-refractivity contribution in [1.29, 1.82) is 0 Å². The Labute approximate surface area is 221 Å². The molecule has 0 saturated carbocycles. The highest BCUT2D eigenvalue weighted by Gasteiger charge is 2.38. The monoisotopic (exact) mass is 534 g/mol. The molecule has 0 aromatic heterocycles. The lowest BCUT2D eigenvalue weighted by molar-refractivity contribution is -0.143. The Morgan fingerprint density at radius 2 is 1.71 bits per heavy atom. The third-order valence-electron chi connectivity index (χ3n) is 6.43. The number of nitrogens with two attached hydrogens (primary N) is 3. The molecule has 4 amide bonds. The normalized spacial score (nSPS) is 17.3. The zero-order valence-corrected chi connectivity index (χ0v) is 21.3. The van der Waals surface area contributed by atoms with E-state index in [2.05, 4.69) is 10.6 Å². The van der Waals surface area contributed by atoms with E-state index in [1.54, 1.807) is 12.1 Å². The Kier molecular flexibility index (Phi) is 12.0. The minimum atomic E-state index is -1.21. The predicted octanol–water partition coefficient (Wildman–Crippen LogP) is -1.30. The number of primary amides is 1. The zero-order chi connectivity index (χ0) is 28.2. The van der Waals surface area contributed by atoms with Crippen LogP contribution >= 0.6 is 0 Å². The number of hydrogen-bond acceptors (Lipinski definition) is 8. The highest BCUT2D eigenvalue weighted by atomic mass is 16.4. The van der Waals surface area contributed by atoms with Gasteiger partial charge >= 0.3 is 5.97 Å². The van der Waals surface area contributed by atoms with Crippen LogP contribution in [0.5, 0.6) is 5.75 Å². The SMILES string of the molecule is NCCCCC(NC(=O)C(Cc1ccc(O)cc1)NC(=O)C1CCCN1C(=O)C(N)CCC(N)=O)C(=O)O. The van der Waals surface area contributed by atoms with Crippen molar-refractivity contribution in [3.63, 3.8) is 0 Å². The van der Waals surface area contributed by atoms with Crippen molar-refractivity contribution in [2.24, 2.45) is 17.2 Å². The van der Waals surface area contributed by atoms with Crippen LogP contribution in [0.1, 0.15) is 50.5 Å². The summed E-state index contributed by atoms with van der Waals surface area (Å²) in [6.07, 6.45) is 2.17. The molecule has 10 N–H and O–H groups in total. The quantitative estimate of drug-likeness (QED) is 0.132. The topological polar surface area (TPSA) is 231 Å². The Morgan fingerprint density at radius 3 is 2.32 bits per heavy atom. The summed E-state index contributed by atoms with van der Waals surface area (Å²) in [6.45, 7) is 0.681. The molecule has 2 rings (SSSR count). The molecule has 1 fully saturated rings. The maximum atomic E-state index is 13.3. The highest BCUT2D eigenvalue weighted by Crippen LogP contribution is 2.20. The van der Waals surface area contributed by atoms with Crippen molar-refractivity contribution in [1.82, 2.24) is 15.5 Å². The lowest BCUT2D eigenvalue weighted by Gasteiger charge is -2.28. The molecule has 13 heteroatoms. The number of phenols is 1. The molecule has 0 radical (unpaired) electrons. The Bertz CT molecular complexity index is 987. The van der Waals surface area contributed by atoms with Crippen molar-refractivity contribution in [3.05, 3.63) is 29.8 Å². The number of carboxylic acid groups (broad SMARTS) is 1. The molecule has 1 heterocycles. The predicted molar refractivity (Wildman–Crippen MR) is 137 cm³/mol. The maximum Gasteiger partial charge on any atom is 0.326 e. The van der Waals surface area contributed by atoms with Gasteiger partial charge < -0.3 is 42.9 Å². The molecule has 1 aliphatic rings. The number of carbonyl (C=O) groups is 5. The van der Waals surface area contributed by atoms with Gasteiger partial charge in [0.2, 0.25) is 23.6 Å². The average molecular weight is 535 g/mol. The number of unbranched alkanes of at least 4 members (excludes halogenated alkanes) is 1. The van der Waals surface area contributed by atoms with Gasteiger partial charge in [-0.2, -0.15) is 0 Å². The van der Waals surface area contributed by atoms with E-state index >= 15 is 0 Å². The number of aromatic hydroxyl groups is 1. The van der Waals surface area contributed by atoms with Crippen LogP contribution < -0.4 is 27.8 Å². The number of phenolic OH excluding ortho intramolecular Hbond substituents is 1. The summed E-state index contributed by atoms with van der Waals surface area (Å²) < 4.78 is 0. The number of aliphatic carboxylic acids is 1. The Balaban J connectivity index is 2.17. The van der Waals surface area contributed by atoms with Gasteiger partial charge in [-0.05, 0) is 62.8 Å². The van der Waals surface area contributed by atoms with Gasteiger partial charge in [0.05, 0.1) is 6.04 Å². The molecule has 1 saturated heterocycles. The number of carboxylic acids is 1. The van der Waals surface area contributed by atoms with Gasteiger partial charge in [0.1, 0.15) is 23.9 Å². The first kappa shape index (κ1) is 30.5. The van der Waals surface area contributed by atoms with E-state index in [1.165, 1.54) is 17.0 Å². The van der Waals surface area contributed by atoms with Crippen LogP contribution in [0.4, 0.5) is 0 Å². The summed E-state index contributed by atoms with van der Waals surface area (Å²) in [5.74, 6) is -3.53. The van der Waals surface area contributed by atoms with Crippen LogP contribution in [0.15, 0.2) is 24.3 Å². The zero-order valence-electron chi connectivity index (χ0n) is 21.3. The van der Waals surface area contributed by atoms with E-state index in [0.717, 1.165) is 0 Å². The average Bonchev–Trinajstić information content (AvgIpc) is 3.37. The van der Waals surface area contributed by atoms with Crippen LogP contribution in [0, 0.1) is 0 Å². The molecule has 0 aliphatic carbocycles. The Hall–Kier alpha value is -3.71. The molecular weight excluding hydrogens is 496 g/mol. The summed E-state index contributed by atoms with van der Waals surface area (Å²) >= 11 is 0. The minimum Gasteiger partial charge on any atom is -0.508 e. The van der Waals surface area contributed by atoms with Crippen LogP contribution in [-0.2, 0) is 30.4 Å². The molecule has 38 heavy (non-hydrogen) atoms. The summed E-state index contributed by atoms with van der Waals surface area (Å²) in [5.41, 5.74) is 17.2. The fraction of sp³-hybridized carbons (Fsp3) is 0.560. The molecule has 0 bridgehead atoms. The third kappa shape index (κ3) is 9.30. The molecule has 4 unspecified atom stereocenters. The van der Waals surface area contributed by atoms with Gasteiger partial charge in [-0.25, -0.2) is 4.79 Å². The van der Waals surface area contributed by atoms with E-state index < -0.39 is 53.8 Å². The number of carbonyl (C=O) groups excluding carboxylic acids is 4. The van der Waals surface area contributed by atoms with Crippen LogP contribution in [0.2, 0.25) is 0 Å². The first-order valence-corrected chi connectivity index (χ1v) is 12.7. The van der Waals surface area contributed by atoms with Gasteiger partial charge in [0.25, 0.3) is 0 Å². The number of nitrogens with zero attached hydrogens (tertiary/aromatic N) is 1. The summed E-state index contributed by atoms with van der Waals surface area (Å²) in [4.78, 5) is 63.4. The molecule has 1 aliphatic heterocycles. The van der Waals surface area contributed by atoms with Gasteiger partial charge in [-0.15, -0.1) is 0 Å². The smallest absolute Gasteiger partial charge is 0.326 e. The Morgan fingerprint density at radius 1 is 1.03 bits per heavy atom.